The Bertz CT molecular complexity index is 615. The van der Waals surface area contributed by atoms with Crippen LogP contribution in [0, 0.1) is 0 Å². The van der Waals surface area contributed by atoms with Gasteiger partial charge in [0.15, 0.2) is 0 Å². The number of nitrogens with zero attached hydrogens (tertiary/aromatic N) is 1. The molecule has 6 nitrogen and oxygen atoms in total. The van der Waals surface area contributed by atoms with Gasteiger partial charge in [-0.15, -0.1) is 0 Å². The number of fused-ring (bicyclic) bond motifs is 1. The van der Waals surface area contributed by atoms with Crippen LogP contribution in [-0.4, -0.2) is 42.1 Å². The van der Waals surface area contributed by atoms with Gasteiger partial charge in [-0.05, 0) is 19.1 Å². The molecule has 1 aromatic carbocycles. The third-order valence-corrected chi connectivity index (χ3v) is 3.28. The van der Waals surface area contributed by atoms with Gasteiger partial charge < -0.3 is 19.2 Å². The van der Waals surface area contributed by atoms with Crippen LogP contribution in [0.4, 0.5) is 0 Å². The lowest BCUT2D eigenvalue weighted by Crippen LogP contribution is -2.33. The Labute approximate surface area is 121 Å². The number of carboxylic acid groups (broad SMARTS) is 1. The van der Waals surface area contributed by atoms with Gasteiger partial charge in [0.25, 0.3) is 0 Å². The molecule has 6 heteroatoms. The van der Waals surface area contributed by atoms with Gasteiger partial charge in [-0.1, -0.05) is 18.2 Å². The summed E-state index contributed by atoms with van der Waals surface area (Å²) in [7, 11) is 1.63. The van der Waals surface area contributed by atoms with Crippen LogP contribution in [0.2, 0.25) is 0 Å². The SMILES string of the molecule is CC(c1cc2ccccc2o1)N(C)C(=O)COCC(=O)O. The second kappa shape index (κ2) is 6.41. The molecular weight excluding hydrogens is 274 g/mol. The number of benzene rings is 1. The molecule has 0 aliphatic rings. The number of carbonyl (C=O) groups excluding carboxylic acids is 1. The molecule has 1 atom stereocenters. The first-order chi connectivity index (χ1) is 9.99. The highest BCUT2D eigenvalue weighted by atomic mass is 16.5. The summed E-state index contributed by atoms with van der Waals surface area (Å²) < 4.78 is 10.5. The summed E-state index contributed by atoms with van der Waals surface area (Å²) in [6.07, 6.45) is 0. The minimum atomic E-state index is -1.10. The summed E-state index contributed by atoms with van der Waals surface area (Å²) in [6, 6.07) is 9.23. The van der Waals surface area contributed by atoms with Gasteiger partial charge in [0, 0.05) is 12.4 Å². The second-order valence-corrected chi connectivity index (χ2v) is 4.75. The van der Waals surface area contributed by atoms with E-state index in [1.54, 1.807) is 7.05 Å². The molecule has 1 aromatic heterocycles. The molecule has 1 amide bonds. The summed E-state index contributed by atoms with van der Waals surface area (Å²) in [6.45, 7) is 1.08. The molecule has 21 heavy (non-hydrogen) atoms. The minimum absolute atomic E-state index is 0.265. The quantitative estimate of drug-likeness (QED) is 0.881. The average Bonchev–Trinajstić information content (AvgIpc) is 2.89. The number of amides is 1. The van der Waals surface area contributed by atoms with Crippen LogP contribution in [0.5, 0.6) is 0 Å². The van der Waals surface area contributed by atoms with Crippen molar-refractivity contribution >= 4 is 22.8 Å². The van der Waals surface area contributed by atoms with Crippen LogP contribution in [0.3, 0.4) is 0 Å². The number of furan rings is 1. The maximum Gasteiger partial charge on any atom is 0.329 e. The van der Waals surface area contributed by atoms with E-state index < -0.39 is 12.6 Å². The molecule has 0 saturated carbocycles. The Hall–Kier alpha value is -2.34. The number of carboxylic acids is 1. The number of carbonyl (C=O) groups is 2. The van der Waals surface area contributed by atoms with Gasteiger partial charge in [-0.3, -0.25) is 4.79 Å². The van der Waals surface area contributed by atoms with Gasteiger partial charge >= 0.3 is 5.97 Å². The molecule has 1 N–H and O–H groups in total. The van der Waals surface area contributed by atoms with Crippen molar-refractivity contribution in [2.45, 2.75) is 13.0 Å². The zero-order valence-corrected chi connectivity index (χ0v) is 11.9. The van der Waals surface area contributed by atoms with Gasteiger partial charge in [0.1, 0.15) is 24.6 Å². The van der Waals surface area contributed by atoms with Crippen LogP contribution in [-0.2, 0) is 14.3 Å². The van der Waals surface area contributed by atoms with Crippen molar-refractivity contribution in [3.8, 4) is 0 Å². The standard InChI is InChI=1S/C15H17NO5/c1-10(16(2)14(17)8-20-9-15(18)19)13-7-11-5-3-4-6-12(11)21-13/h3-7,10H,8-9H2,1-2H3,(H,18,19). The Morgan fingerprint density at radius 3 is 2.71 bits per heavy atom. The van der Waals surface area contributed by atoms with Crippen molar-refractivity contribution < 1.29 is 23.8 Å². The molecule has 0 spiro atoms. The summed E-state index contributed by atoms with van der Waals surface area (Å²) in [5, 5.41) is 9.44. The fraction of sp³-hybridized carbons (Fsp3) is 0.333. The van der Waals surface area contributed by atoms with Gasteiger partial charge in [0.05, 0.1) is 6.04 Å². The van der Waals surface area contributed by atoms with Crippen molar-refractivity contribution in [2.24, 2.45) is 0 Å². The molecule has 0 aliphatic heterocycles. The van der Waals surface area contributed by atoms with Crippen LogP contribution < -0.4 is 0 Å². The van der Waals surface area contributed by atoms with E-state index in [-0.39, 0.29) is 18.6 Å². The summed E-state index contributed by atoms with van der Waals surface area (Å²) >= 11 is 0. The van der Waals surface area contributed by atoms with Crippen molar-refractivity contribution in [3.63, 3.8) is 0 Å². The van der Waals surface area contributed by atoms with Crippen LogP contribution in [0.15, 0.2) is 34.7 Å². The van der Waals surface area contributed by atoms with Crippen molar-refractivity contribution in [1.29, 1.82) is 0 Å². The lowest BCUT2D eigenvalue weighted by Gasteiger charge is -2.23. The smallest absolute Gasteiger partial charge is 0.329 e. The highest BCUT2D eigenvalue weighted by Gasteiger charge is 2.20. The molecular formula is C15H17NO5. The van der Waals surface area contributed by atoms with Crippen molar-refractivity contribution in [2.75, 3.05) is 20.3 Å². The molecule has 1 heterocycles. The molecule has 0 saturated heterocycles. The predicted molar refractivity (Wildman–Crippen MR) is 75.9 cm³/mol. The zero-order chi connectivity index (χ0) is 15.4. The molecule has 1 unspecified atom stereocenters. The molecule has 2 rings (SSSR count). The molecule has 0 aliphatic carbocycles. The van der Waals surface area contributed by atoms with E-state index in [0.717, 1.165) is 11.0 Å². The third kappa shape index (κ3) is 3.61. The summed E-state index contributed by atoms with van der Waals surface area (Å²) in [4.78, 5) is 23.7. The second-order valence-electron chi connectivity index (χ2n) is 4.75. The summed E-state index contributed by atoms with van der Waals surface area (Å²) in [5.41, 5.74) is 0.766. The highest BCUT2D eigenvalue weighted by Crippen LogP contribution is 2.26. The van der Waals surface area contributed by atoms with Gasteiger partial charge in [-0.2, -0.15) is 0 Å². The largest absolute Gasteiger partial charge is 0.480 e. The van der Waals surface area contributed by atoms with E-state index in [1.807, 2.05) is 37.3 Å². The number of hydrogen-bond acceptors (Lipinski definition) is 4. The maximum atomic E-state index is 11.9. The Kier molecular flexibility index (Phi) is 4.59. The van der Waals surface area contributed by atoms with Crippen molar-refractivity contribution in [3.05, 3.63) is 36.1 Å². The number of rotatable bonds is 6. The van der Waals surface area contributed by atoms with Crippen LogP contribution in [0.1, 0.15) is 18.7 Å². The average molecular weight is 291 g/mol. The topological polar surface area (TPSA) is 80.0 Å². The molecule has 2 aromatic rings. The monoisotopic (exact) mass is 291 g/mol. The lowest BCUT2D eigenvalue weighted by atomic mass is 10.2. The first-order valence-corrected chi connectivity index (χ1v) is 6.52. The van der Waals surface area contributed by atoms with E-state index in [0.29, 0.717) is 5.76 Å². The molecule has 112 valence electrons. The molecule has 0 fully saturated rings. The van der Waals surface area contributed by atoms with E-state index >= 15 is 0 Å². The first kappa shape index (κ1) is 15.1. The third-order valence-electron chi connectivity index (χ3n) is 3.28. The maximum absolute atomic E-state index is 11.9. The Balaban J connectivity index is 2.02. The molecule has 0 radical (unpaired) electrons. The van der Waals surface area contributed by atoms with E-state index in [2.05, 4.69) is 0 Å². The van der Waals surface area contributed by atoms with Gasteiger partial charge in [0.2, 0.25) is 5.91 Å². The number of para-hydroxylation sites is 1. The fourth-order valence-corrected chi connectivity index (χ4v) is 1.94. The van der Waals surface area contributed by atoms with E-state index in [1.165, 1.54) is 4.90 Å². The number of aliphatic carboxylic acids is 1. The molecule has 0 bridgehead atoms. The van der Waals surface area contributed by atoms with Gasteiger partial charge in [-0.25, -0.2) is 4.79 Å². The number of ether oxygens (including phenoxy) is 1. The fourth-order valence-electron chi connectivity index (χ4n) is 1.94. The van der Waals surface area contributed by atoms with Crippen LogP contribution >= 0.6 is 0 Å². The number of likely N-dealkylation sites (N-methyl/N-ethyl adjacent to an activating group) is 1. The minimum Gasteiger partial charge on any atom is -0.480 e. The Morgan fingerprint density at radius 1 is 1.33 bits per heavy atom. The zero-order valence-electron chi connectivity index (χ0n) is 11.9. The van der Waals surface area contributed by atoms with Crippen molar-refractivity contribution in [1.82, 2.24) is 4.90 Å². The van der Waals surface area contributed by atoms with Crippen LogP contribution in [0.25, 0.3) is 11.0 Å². The summed E-state index contributed by atoms with van der Waals surface area (Å²) in [5.74, 6) is -0.731. The van der Waals surface area contributed by atoms with E-state index in [9.17, 15) is 9.59 Å². The predicted octanol–water partition coefficient (Wildman–Crippen LogP) is 2.05. The first-order valence-electron chi connectivity index (χ1n) is 6.52. The lowest BCUT2D eigenvalue weighted by molar-refractivity contribution is -0.146. The number of hydrogen-bond donors (Lipinski definition) is 1. The normalized spacial score (nSPS) is 12.3. The Morgan fingerprint density at radius 2 is 2.05 bits per heavy atom. The highest BCUT2D eigenvalue weighted by molar-refractivity contribution is 5.80. The van der Waals surface area contributed by atoms with E-state index in [4.69, 9.17) is 14.3 Å².